The molecule has 0 aromatic heterocycles. The van der Waals surface area contributed by atoms with E-state index < -0.39 is 0 Å². The van der Waals surface area contributed by atoms with Gasteiger partial charge in [-0.25, -0.2) is 0 Å². The Kier molecular flexibility index (Phi) is 33.2. The zero-order valence-electron chi connectivity index (χ0n) is 75.8. The number of rotatable bonds is 0. The summed E-state index contributed by atoms with van der Waals surface area (Å²) in [5.41, 5.74) is 0. The number of hydrogen-bond acceptors (Lipinski definition) is 0. The van der Waals surface area contributed by atoms with Crippen molar-refractivity contribution in [2.45, 2.75) is 520 Å². The summed E-state index contributed by atoms with van der Waals surface area (Å²) in [4.78, 5) is 0. The smallest absolute Gasteiger partial charge is 0.0329 e. The topological polar surface area (TPSA) is 0 Å². The molecule has 646 valence electrons. The average molecular weight is 1550 g/mol. The maximum Gasteiger partial charge on any atom is -0.0329 e. The molecule has 0 aliphatic heterocycles. The number of fused-ring (bicyclic) bond motifs is 17. The summed E-state index contributed by atoms with van der Waals surface area (Å²) in [6.45, 7) is 0. The Hall–Kier alpha value is 0. The lowest BCUT2D eigenvalue weighted by atomic mass is 9.58. The van der Waals surface area contributed by atoms with Crippen molar-refractivity contribution >= 4 is 0 Å². The molecule has 0 amide bonds. The predicted octanol–water partition coefficient (Wildman–Crippen LogP) is 35.5. The molecule has 16 unspecified atom stereocenters. The predicted molar refractivity (Wildman–Crippen MR) is 486 cm³/mol. The third-order valence-electron chi connectivity index (χ3n) is 42.5. The van der Waals surface area contributed by atoms with E-state index in [1.54, 1.807) is 405 Å². The van der Waals surface area contributed by atoms with Gasteiger partial charge in [-0.1, -0.05) is 405 Å². The third kappa shape index (κ3) is 24.1. The van der Waals surface area contributed by atoms with Gasteiger partial charge in [-0.15, -0.1) is 0 Å². The van der Waals surface area contributed by atoms with E-state index >= 15 is 0 Å². The van der Waals surface area contributed by atoms with E-state index in [4.69, 9.17) is 0 Å². The highest BCUT2D eigenvalue weighted by Gasteiger charge is 2.50. The molecule has 28 rings (SSSR count). The second kappa shape index (κ2) is 44.0. The van der Waals surface area contributed by atoms with Crippen molar-refractivity contribution in [2.75, 3.05) is 0 Å². The van der Waals surface area contributed by atoms with Crippen molar-refractivity contribution in [3.05, 3.63) is 0 Å². The molecular weight excluding hydrogens is 1360 g/mol. The van der Waals surface area contributed by atoms with Gasteiger partial charge in [0.1, 0.15) is 0 Å². The first-order valence-corrected chi connectivity index (χ1v) is 56.0. The van der Waals surface area contributed by atoms with E-state index in [2.05, 4.69) is 0 Å². The highest BCUT2D eigenvalue weighted by Crippen LogP contribution is 2.61. The van der Waals surface area contributed by atoms with Crippen LogP contribution in [0.15, 0.2) is 0 Å². The van der Waals surface area contributed by atoms with Crippen LogP contribution >= 0.6 is 0 Å². The van der Waals surface area contributed by atoms with Crippen molar-refractivity contribution in [1.29, 1.82) is 0 Å². The zero-order chi connectivity index (χ0) is 75.8. The molecule has 28 saturated carbocycles. The fourth-order valence-corrected chi connectivity index (χ4v) is 35.3. The van der Waals surface area contributed by atoms with E-state index in [0.29, 0.717) is 0 Å². The quantitative estimate of drug-likeness (QED) is 0.227. The second-order valence-electron chi connectivity index (χ2n) is 48.6. The summed E-state index contributed by atoms with van der Waals surface area (Å²) in [5, 5.41) is 0. The number of hydrogen-bond donors (Lipinski definition) is 0. The molecular formula is C113H194. The fraction of sp³-hybridized carbons (Fsp3) is 1.00. The Bertz CT molecular complexity index is 2470. The summed E-state index contributed by atoms with van der Waals surface area (Å²) in [6, 6.07) is 0. The van der Waals surface area contributed by atoms with Gasteiger partial charge in [-0.2, -0.15) is 0 Å². The Morgan fingerprint density at radius 3 is 0.522 bits per heavy atom. The molecule has 0 heteroatoms. The largest absolute Gasteiger partial charge is 0.0533 e. The van der Waals surface area contributed by atoms with Gasteiger partial charge in [0.25, 0.3) is 0 Å². The first kappa shape index (κ1) is 85.2. The lowest BCUT2D eigenvalue weighted by Crippen LogP contribution is -2.38. The van der Waals surface area contributed by atoms with Crippen LogP contribution in [0, 0.1) is 189 Å². The van der Waals surface area contributed by atoms with Crippen LogP contribution in [0.2, 0.25) is 0 Å². The maximum atomic E-state index is 1.62. The van der Waals surface area contributed by atoms with E-state index in [1.807, 2.05) is 0 Å². The first-order valence-electron chi connectivity index (χ1n) is 56.0. The van der Waals surface area contributed by atoms with E-state index in [0.717, 1.165) is 35.5 Å². The van der Waals surface area contributed by atoms with Gasteiger partial charge >= 0.3 is 0 Å². The van der Waals surface area contributed by atoms with Crippen molar-refractivity contribution < 1.29 is 0 Å². The minimum Gasteiger partial charge on any atom is -0.0533 e. The van der Waals surface area contributed by atoms with Crippen LogP contribution in [0.4, 0.5) is 0 Å². The molecule has 28 fully saturated rings. The van der Waals surface area contributed by atoms with Crippen LogP contribution in [0.3, 0.4) is 0 Å². The molecule has 0 spiro atoms. The Balaban J connectivity index is 0.0000000900. The van der Waals surface area contributed by atoms with Crippen LogP contribution in [0.25, 0.3) is 0 Å². The van der Waals surface area contributed by atoms with E-state index in [-0.39, 0.29) is 0 Å². The molecule has 26 atom stereocenters. The first-order chi connectivity index (χ1) is 56.0. The maximum absolute atomic E-state index is 1.62. The van der Waals surface area contributed by atoms with Crippen LogP contribution in [-0.4, -0.2) is 0 Å². The zero-order valence-corrected chi connectivity index (χ0v) is 75.8. The molecule has 0 radical (unpaired) electrons. The van der Waals surface area contributed by atoms with Crippen molar-refractivity contribution in [3.63, 3.8) is 0 Å². The monoisotopic (exact) mass is 1550 g/mol. The van der Waals surface area contributed by atoms with Crippen LogP contribution in [0.1, 0.15) is 520 Å². The van der Waals surface area contributed by atoms with E-state index in [1.165, 1.54) is 269 Å². The Morgan fingerprint density at radius 2 is 0.212 bits per heavy atom. The average Bonchev–Trinajstić information content (AvgIpc) is 1.63. The molecule has 0 aromatic carbocycles. The SMILES string of the molecule is C1CC2CCCC2C1.C1CC2CCCC2C2CC2C1.C1CC2CCCC3CCC(C1)C23.C1CCC2C(C1)CC1CCCCC12.C1CCC2C(C1)CCC1CCCCC12.C1CCC2CCCCC2C1.C1CCC2CCCCC2CC1.C1CC[C@H]2CCC[C@H]2C1.C1CC[C@H]2C[C@H]2C1.C1C[C@@H]2CC[C@@H]2C1.C1C[C@@H]2C[C@@H]2C1.C1C[C@H]2C[C@@H]12. The highest BCUT2D eigenvalue weighted by atomic mass is 14.6. The van der Waals surface area contributed by atoms with Gasteiger partial charge in [0.05, 0.1) is 0 Å². The van der Waals surface area contributed by atoms with Gasteiger partial charge in [-0.3, -0.25) is 0 Å². The Labute approximate surface area is 705 Å². The summed E-state index contributed by atoms with van der Waals surface area (Å²) in [7, 11) is 0. The molecule has 0 N–H and O–H groups in total. The van der Waals surface area contributed by atoms with Gasteiger partial charge in [0.15, 0.2) is 0 Å². The summed E-state index contributed by atoms with van der Waals surface area (Å²) < 4.78 is 0. The standard InChI is InChI=1S/C14H24.C13H22.C12H20.C11H18.C11H20.C10H18.C9H16.C8H14.2C7H12.C6H10.C5H8/c1-3-7-13-11(5-1)9-10-12-6-2-4-8-14(12)13;1-3-7-12-10(5-1)9-11-6-2-4-8-13(11)12;1-3-9-4-2-6-11-8-7-10(5-1)12(9)11;1-3-8-4-2-6-10(8)11-7-9(11)5-1;1-2-6-10-8-4-5-9-11(10)7-3-1;1-2-6-10-8-4-3-7-9(10)5-1;1-2-5-9-7-3-6-8(9)4-1;1-3-7-5-2-6-8(7)4-1;1-2-6-4-5-7(6)3-1;1-2-4-7-5-6(7)3-1;1-2-5-4-6(5)3-1;1-2-5-3-4(1)5/h11-14H,1-10H2;10-13H,1-9H2;9-12H,1-8H2;8-11H,1-7H2;10-11H,1-9H2;9-10H,1-8H2;8-9H,1-7H2;7-8H,1-6H2;2*6-7H,1-5H2;5-6H,1-4H2;4-5H,1-3H2/t;;;;;;8-,9+;;2*6-,7+;5-,6+;4-,5+. The van der Waals surface area contributed by atoms with Crippen molar-refractivity contribution in [1.82, 2.24) is 0 Å². The lowest BCUT2D eigenvalue weighted by Gasteiger charge is -2.48. The molecule has 0 saturated heterocycles. The van der Waals surface area contributed by atoms with Crippen LogP contribution < -0.4 is 0 Å². The molecule has 0 nitrogen and oxygen atoms in total. The normalized spacial score (nSPS) is 47.8. The fourth-order valence-electron chi connectivity index (χ4n) is 35.3. The van der Waals surface area contributed by atoms with Crippen molar-refractivity contribution in [3.8, 4) is 0 Å². The summed E-state index contributed by atoms with van der Waals surface area (Å²) in [6.07, 6.45) is 126. The summed E-state index contributed by atoms with van der Waals surface area (Å²) >= 11 is 0. The van der Waals surface area contributed by atoms with E-state index in [9.17, 15) is 0 Å². The van der Waals surface area contributed by atoms with Crippen molar-refractivity contribution in [2.24, 2.45) is 189 Å². The third-order valence-corrected chi connectivity index (χ3v) is 42.5. The van der Waals surface area contributed by atoms with Gasteiger partial charge in [0, 0.05) is 0 Å². The molecule has 28 aliphatic carbocycles. The highest BCUT2D eigenvalue weighted by molar-refractivity contribution is 5.01. The molecule has 113 heavy (non-hydrogen) atoms. The van der Waals surface area contributed by atoms with Gasteiger partial charge < -0.3 is 0 Å². The minimum absolute atomic E-state index is 1.14. The molecule has 0 aromatic rings. The molecule has 0 bridgehead atoms. The minimum atomic E-state index is 1.14. The van der Waals surface area contributed by atoms with Gasteiger partial charge in [-0.05, 0) is 305 Å². The second-order valence-corrected chi connectivity index (χ2v) is 48.6. The van der Waals surface area contributed by atoms with Crippen LogP contribution in [-0.2, 0) is 0 Å². The molecule has 0 heterocycles. The van der Waals surface area contributed by atoms with Gasteiger partial charge in [0.2, 0.25) is 0 Å². The Morgan fingerprint density at radius 1 is 0.0708 bits per heavy atom. The van der Waals surface area contributed by atoms with Crippen LogP contribution in [0.5, 0.6) is 0 Å². The molecule has 28 aliphatic rings. The lowest BCUT2D eigenvalue weighted by molar-refractivity contribution is 0.0278. The summed E-state index contributed by atoms with van der Waals surface area (Å²) in [5.74, 6) is 37.8.